The molecule has 0 radical (unpaired) electrons. The molecule has 0 unspecified atom stereocenters. The van der Waals surface area contributed by atoms with Crippen LogP contribution in [-0.2, 0) is 16.1 Å². The molecule has 25 heavy (non-hydrogen) atoms. The van der Waals surface area contributed by atoms with E-state index in [2.05, 4.69) is 10.3 Å². The van der Waals surface area contributed by atoms with E-state index in [0.717, 1.165) is 5.56 Å². The minimum absolute atomic E-state index is 0.237. The average Bonchev–Trinajstić information content (AvgIpc) is 2.66. The first-order chi connectivity index (χ1) is 12.2. The van der Waals surface area contributed by atoms with Crippen molar-refractivity contribution in [1.82, 2.24) is 10.3 Å². The molecular weight excluding hydrogens is 320 g/mol. The van der Waals surface area contributed by atoms with E-state index >= 15 is 0 Å². The number of esters is 1. The summed E-state index contributed by atoms with van der Waals surface area (Å²) >= 11 is 0. The molecule has 0 saturated carbocycles. The normalized spacial score (nSPS) is 10.4. The topological polar surface area (TPSA) is 77.5 Å². The Morgan fingerprint density at radius 3 is 2.76 bits per heavy atom. The number of carbonyl (C=O) groups excluding carboxylic acids is 2. The van der Waals surface area contributed by atoms with Crippen molar-refractivity contribution in [2.75, 3.05) is 13.7 Å². The summed E-state index contributed by atoms with van der Waals surface area (Å²) in [5.74, 6) is -0.412. The van der Waals surface area contributed by atoms with Crippen molar-refractivity contribution in [3.05, 3.63) is 71.6 Å². The van der Waals surface area contributed by atoms with Gasteiger partial charge in [-0.2, -0.15) is 0 Å². The van der Waals surface area contributed by atoms with Gasteiger partial charge in [0.05, 0.1) is 12.7 Å². The number of benzene rings is 1. The number of nitrogens with zero attached hydrogens (tertiary/aromatic N) is 1. The summed E-state index contributed by atoms with van der Waals surface area (Å²) in [7, 11) is 1.33. The van der Waals surface area contributed by atoms with Gasteiger partial charge in [0, 0.05) is 24.5 Å². The van der Waals surface area contributed by atoms with Gasteiger partial charge in [-0.1, -0.05) is 42.5 Å². The fourth-order valence-electron chi connectivity index (χ4n) is 2.08. The van der Waals surface area contributed by atoms with Crippen LogP contribution in [0.15, 0.2) is 54.9 Å². The predicted molar refractivity (Wildman–Crippen MR) is 93.9 cm³/mol. The van der Waals surface area contributed by atoms with Gasteiger partial charge in [-0.3, -0.25) is 4.98 Å². The summed E-state index contributed by atoms with van der Waals surface area (Å²) < 4.78 is 9.84. The molecule has 0 aliphatic heterocycles. The molecule has 2 aromatic rings. The first kappa shape index (κ1) is 18.2. The molecule has 0 atom stereocenters. The smallest absolute Gasteiger partial charge is 0.407 e. The number of rotatable bonds is 7. The van der Waals surface area contributed by atoms with Crippen LogP contribution in [0.2, 0.25) is 0 Å². The zero-order valence-corrected chi connectivity index (χ0v) is 14.0. The van der Waals surface area contributed by atoms with Gasteiger partial charge in [0.2, 0.25) is 0 Å². The number of nitrogens with one attached hydrogen (secondary N) is 1. The molecule has 1 heterocycles. The molecular formula is C19H20N2O4. The fourth-order valence-corrected chi connectivity index (χ4v) is 2.08. The van der Waals surface area contributed by atoms with Crippen LogP contribution in [-0.4, -0.2) is 30.7 Å². The maximum absolute atomic E-state index is 11.6. The Kier molecular flexibility index (Phi) is 7.18. The summed E-state index contributed by atoms with van der Waals surface area (Å²) in [4.78, 5) is 27.2. The number of hydrogen-bond acceptors (Lipinski definition) is 5. The highest BCUT2D eigenvalue weighted by atomic mass is 16.5. The Bertz CT molecular complexity index is 729. The molecule has 6 nitrogen and oxygen atoms in total. The Morgan fingerprint density at radius 1 is 1.20 bits per heavy atom. The molecule has 6 heteroatoms. The monoisotopic (exact) mass is 340 g/mol. The predicted octanol–water partition coefficient (Wildman–Crippen LogP) is 3.20. The number of aromatic nitrogens is 1. The Labute approximate surface area is 146 Å². The van der Waals surface area contributed by atoms with Crippen LogP contribution in [0.4, 0.5) is 4.79 Å². The van der Waals surface area contributed by atoms with Crippen LogP contribution in [0.1, 0.15) is 27.9 Å². The molecule has 1 N–H and O–H groups in total. The van der Waals surface area contributed by atoms with Crippen LogP contribution in [0.25, 0.3) is 6.08 Å². The maximum Gasteiger partial charge on any atom is 0.407 e. The Balaban J connectivity index is 1.73. The minimum Gasteiger partial charge on any atom is -0.465 e. The van der Waals surface area contributed by atoms with Gasteiger partial charge < -0.3 is 14.8 Å². The number of ether oxygens (including phenoxy) is 2. The molecule has 0 saturated heterocycles. The lowest BCUT2D eigenvalue weighted by atomic mass is 10.1. The van der Waals surface area contributed by atoms with E-state index in [1.807, 2.05) is 36.4 Å². The van der Waals surface area contributed by atoms with Crippen molar-refractivity contribution in [2.24, 2.45) is 0 Å². The third kappa shape index (κ3) is 6.10. The van der Waals surface area contributed by atoms with E-state index in [4.69, 9.17) is 9.47 Å². The van der Waals surface area contributed by atoms with Crippen molar-refractivity contribution < 1.29 is 19.1 Å². The van der Waals surface area contributed by atoms with E-state index in [1.54, 1.807) is 18.3 Å². The van der Waals surface area contributed by atoms with Gasteiger partial charge in [-0.05, 0) is 18.1 Å². The second kappa shape index (κ2) is 9.87. The van der Waals surface area contributed by atoms with Crippen molar-refractivity contribution >= 4 is 18.1 Å². The summed E-state index contributed by atoms with van der Waals surface area (Å²) in [6.07, 6.45) is 6.87. The quantitative estimate of drug-likeness (QED) is 0.619. The van der Waals surface area contributed by atoms with Crippen LogP contribution in [0.3, 0.4) is 0 Å². The fraction of sp³-hybridized carbons (Fsp3) is 0.211. The number of hydrogen-bond donors (Lipinski definition) is 1. The van der Waals surface area contributed by atoms with Crippen molar-refractivity contribution in [3.8, 4) is 0 Å². The summed E-state index contributed by atoms with van der Waals surface area (Å²) in [5.41, 5.74) is 2.05. The second-order valence-electron chi connectivity index (χ2n) is 5.13. The molecule has 0 spiro atoms. The lowest BCUT2D eigenvalue weighted by molar-refractivity contribution is 0.0600. The van der Waals surface area contributed by atoms with E-state index in [0.29, 0.717) is 24.1 Å². The maximum atomic E-state index is 11.6. The molecule has 0 aliphatic carbocycles. The minimum atomic E-state index is -0.464. The Morgan fingerprint density at radius 2 is 2.00 bits per heavy atom. The standard InChI is InChI=1S/C19H20N2O4/c1-24-18(22)17-10-12-20-13-16(17)9-5-6-11-21-19(23)25-14-15-7-3-2-4-8-15/h2-5,7-10,12-13H,6,11,14H2,1H3,(H,21,23). The molecule has 0 fully saturated rings. The third-order valence-corrected chi connectivity index (χ3v) is 3.35. The summed E-state index contributed by atoms with van der Waals surface area (Å²) in [5, 5.41) is 2.67. The lowest BCUT2D eigenvalue weighted by Crippen LogP contribution is -2.24. The van der Waals surface area contributed by atoms with Gasteiger partial charge >= 0.3 is 12.1 Å². The van der Waals surface area contributed by atoms with Crippen molar-refractivity contribution in [3.63, 3.8) is 0 Å². The molecule has 130 valence electrons. The van der Waals surface area contributed by atoms with Crippen molar-refractivity contribution in [1.29, 1.82) is 0 Å². The largest absolute Gasteiger partial charge is 0.465 e. The zero-order chi connectivity index (χ0) is 17.9. The van der Waals surface area contributed by atoms with Crippen molar-refractivity contribution in [2.45, 2.75) is 13.0 Å². The number of pyridine rings is 1. The summed E-state index contributed by atoms with van der Waals surface area (Å²) in [6.45, 7) is 0.665. The third-order valence-electron chi connectivity index (χ3n) is 3.35. The highest BCUT2D eigenvalue weighted by Gasteiger charge is 2.08. The average molecular weight is 340 g/mol. The summed E-state index contributed by atoms with van der Waals surface area (Å²) in [6, 6.07) is 11.1. The molecule has 1 amide bonds. The molecule has 1 aromatic carbocycles. The van der Waals surface area contributed by atoms with Crippen LogP contribution >= 0.6 is 0 Å². The van der Waals surface area contributed by atoms with Gasteiger partial charge in [0.25, 0.3) is 0 Å². The van der Waals surface area contributed by atoms with Gasteiger partial charge in [0.15, 0.2) is 0 Å². The van der Waals surface area contributed by atoms with Gasteiger partial charge in [-0.15, -0.1) is 0 Å². The highest BCUT2D eigenvalue weighted by molar-refractivity contribution is 5.93. The number of alkyl carbamates (subject to hydrolysis) is 1. The number of carbonyl (C=O) groups is 2. The molecule has 0 bridgehead atoms. The lowest BCUT2D eigenvalue weighted by Gasteiger charge is -2.06. The highest BCUT2D eigenvalue weighted by Crippen LogP contribution is 2.10. The van der Waals surface area contributed by atoms with Crippen LogP contribution < -0.4 is 5.32 Å². The zero-order valence-electron chi connectivity index (χ0n) is 14.0. The first-order valence-electron chi connectivity index (χ1n) is 7.84. The van der Waals surface area contributed by atoms with Gasteiger partial charge in [-0.25, -0.2) is 9.59 Å². The van der Waals surface area contributed by atoms with E-state index < -0.39 is 12.1 Å². The number of amides is 1. The second-order valence-corrected chi connectivity index (χ2v) is 5.13. The van der Waals surface area contributed by atoms with Crippen LogP contribution in [0.5, 0.6) is 0 Å². The van der Waals surface area contributed by atoms with Gasteiger partial charge in [0.1, 0.15) is 6.61 Å². The molecule has 2 rings (SSSR count). The van der Waals surface area contributed by atoms with E-state index in [1.165, 1.54) is 13.3 Å². The molecule has 0 aliphatic rings. The van der Waals surface area contributed by atoms with E-state index in [-0.39, 0.29) is 6.61 Å². The number of methoxy groups -OCH3 is 1. The molecule has 1 aromatic heterocycles. The van der Waals surface area contributed by atoms with Crippen LogP contribution in [0, 0.1) is 0 Å². The Hall–Kier alpha value is -3.15. The SMILES string of the molecule is COC(=O)c1ccncc1C=CCCNC(=O)OCc1ccccc1. The first-order valence-corrected chi connectivity index (χ1v) is 7.84. The van der Waals surface area contributed by atoms with E-state index in [9.17, 15) is 9.59 Å².